The first-order valence-corrected chi connectivity index (χ1v) is 8.31. The topological polar surface area (TPSA) is 12.0 Å². The van der Waals surface area contributed by atoms with Crippen molar-refractivity contribution in [2.45, 2.75) is 19.4 Å². The maximum Gasteiger partial charge on any atom is 0.0511 e. The third-order valence-electron chi connectivity index (χ3n) is 4.01. The van der Waals surface area contributed by atoms with Crippen LogP contribution in [0.2, 0.25) is 5.02 Å². The van der Waals surface area contributed by atoms with Gasteiger partial charge in [-0.2, -0.15) is 0 Å². The van der Waals surface area contributed by atoms with E-state index in [1.54, 1.807) is 0 Å². The lowest BCUT2D eigenvalue weighted by Crippen LogP contribution is -2.09. The van der Waals surface area contributed by atoms with Crippen LogP contribution in [0.3, 0.4) is 0 Å². The molecule has 0 aliphatic rings. The van der Waals surface area contributed by atoms with Gasteiger partial charge in [0.25, 0.3) is 0 Å². The maximum absolute atomic E-state index is 5.97. The molecule has 0 saturated carbocycles. The minimum atomic E-state index is 0.287. The lowest BCUT2D eigenvalue weighted by atomic mass is 10.0. The first kappa shape index (κ1) is 15.6. The Morgan fingerprint density at radius 1 is 0.783 bits per heavy atom. The summed E-state index contributed by atoms with van der Waals surface area (Å²) in [6.07, 6.45) is 1.02. The van der Waals surface area contributed by atoms with Crippen molar-refractivity contribution in [2.24, 2.45) is 0 Å². The van der Waals surface area contributed by atoms with Crippen LogP contribution in [0.5, 0.6) is 0 Å². The molecule has 0 amide bonds. The number of hydrogen-bond donors (Lipinski definition) is 1. The Balaban J connectivity index is 1.75. The zero-order valence-electron chi connectivity index (χ0n) is 13.2. The van der Waals surface area contributed by atoms with E-state index in [0.717, 1.165) is 17.1 Å². The number of benzene rings is 3. The van der Waals surface area contributed by atoms with Gasteiger partial charge in [0.15, 0.2) is 0 Å². The van der Waals surface area contributed by atoms with E-state index >= 15 is 0 Å². The van der Waals surface area contributed by atoms with Gasteiger partial charge in [-0.25, -0.2) is 0 Å². The first-order chi connectivity index (χ1) is 11.3. The van der Waals surface area contributed by atoms with E-state index in [2.05, 4.69) is 72.9 Å². The summed E-state index contributed by atoms with van der Waals surface area (Å²) in [6, 6.07) is 27.4. The summed E-state index contributed by atoms with van der Waals surface area (Å²) in [5, 5.41) is 4.37. The molecule has 0 fully saturated rings. The second kappa shape index (κ2) is 7.34. The number of nitrogens with one attached hydrogen (secondary N) is 1. The minimum absolute atomic E-state index is 0.287. The zero-order valence-corrected chi connectivity index (χ0v) is 13.9. The Morgan fingerprint density at radius 3 is 2.00 bits per heavy atom. The number of hydrogen-bond acceptors (Lipinski definition) is 1. The Bertz CT molecular complexity index is 733. The van der Waals surface area contributed by atoms with Crippen LogP contribution in [0.25, 0.3) is 11.1 Å². The predicted molar refractivity (Wildman–Crippen MR) is 100.0 cm³/mol. The molecule has 1 N–H and O–H groups in total. The summed E-state index contributed by atoms with van der Waals surface area (Å²) in [7, 11) is 0. The summed E-state index contributed by atoms with van der Waals surface area (Å²) >= 11 is 5.97. The van der Waals surface area contributed by atoms with Crippen LogP contribution in [0.1, 0.15) is 24.9 Å². The molecule has 0 saturated heterocycles. The monoisotopic (exact) mass is 321 g/mol. The number of anilines is 1. The standard InChI is InChI=1S/C21H20ClN/c1-2-21(18-8-12-19(22)13-9-18)23-20-14-10-17(11-15-20)16-6-4-3-5-7-16/h3-15,21,23H,2H2,1H3. The van der Waals surface area contributed by atoms with E-state index in [-0.39, 0.29) is 6.04 Å². The fraction of sp³-hybridized carbons (Fsp3) is 0.143. The quantitative estimate of drug-likeness (QED) is 0.560. The van der Waals surface area contributed by atoms with Crippen LogP contribution in [0.4, 0.5) is 5.69 Å². The van der Waals surface area contributed by atoms with E-state index in [1.165, 1.54) is 16.7 Å². The summed E-state index contributed by atoms with van der Waals surface area (Å²) in [5.74, 6) is 0. The molecular formula is C21H20ClN. The summed E-state index contributed by atoms with van der Waals surface area (Å²) in [4.78, 5) is 0. The molecule has 0 aliphatic heterocycles. The Hall–Kier alpha value is -2.25. The van der Waals surface area contributed by atoms with E-state index in [9.17, 15) is 0 Å². The van der Waals surface area contributed by atoms with Crippen molar-refractivity contribution in [2.75, 3.05) is 5.32 Å². The fourth-order valence-electron chi connectivity index (χ4n) is 2.71. The van der Waals surface area contributed by atoms with E-state index < -0.39 is 0 Å². The van der Waals surface area contributed by atoms with Crippen molar-refractivity contribution in [3.05, 3.63) is 89.4 Å². The van der Waals surface area contributed by atoms with Crippen molar-refractivity contribution in [3.63, 3.8) is 0 Å². The molecule has 0 aromatic heterocycles. The molecule has 1 atom stereocenters. The molecule has 2 heteroatoms. The van der Waals surface area contributed by atoms with Gasteiger partial charge in [0.2, 0.25) is 0 Å². The molecular weight excluding hydrogens is 302 g/mol. The highest BCUT2D eigenvalue weighted by Gasteiger charge is 2.09. The van der Waals surface area contributed by atoms with Crippen LogP contribution in [0.15, 0.2) is 78.9 Å². The fourth-order valence-corrected chi connectivity index (χ4v) is 2.83. The molecule has 3 aromatic carbocycles. The normalized spacial score (nSPS) is 11.9. The lowest BCUT2D eigenvalue weighted by Gasteiger charge is -2.19. The molecule has 3 aromatic rings. The molecule has 0 radical (unpaired) electrons. The Kier molecular flexibility index (Phi) is 4.99. The van der Waals surface area contributed by atoms with Gasteiger partial charge in [-0.1, -0.05) is 73.1 Å². The minimum Gasteiger partial charge on any atom is -0.378 e. The van der Waals surface area contributed by atoms with Gasteiger partial charge >= 0.3 is 0 Å². The van der Waals surface area contributed by atoms with Crippen LogP contribution >= 0.6 is 11.6 Å². The van der Waals surface area contributed by atoms with E-state index in [0.29, 0.717) is 0 Å². The third kappa shape index (κ3) is 3.94. The first-order valence-electron chi connectivity index (χ1n) is 7.94. The van der Waals surface area contributed by atoms with Gasteiger partial charge in [-0.05, 0) is 47.4 Å². The SMILES string of the molecule is CCC(Nc1ccc(-c2ccccc2)cc1)c1ccc(Cl)cc1. The highest BCUT2D eigenvalue weighted by Crippen LogP contribution is 2.26. The Morgan fingerprint density at radius 2 is 1.39 bits per heavy atom. The molecule has 116 valence electrons. The van der Waals surface area contributed by atoms with Crippen LogP contribution < -0.4 is 5.32 Å². The molecule has 0 aliphatic carbocycles. The van der Waals surface area contributed by atoms with Crippen molar-refractivity contribution < 1.29 is 0 Å². The molecule has 0 bridgehead atoms. The van der Waals surface area contributed by atoms with Crippen molar-refractivity contribution >= 4 is 17.3 Å². The second-order valence-electron chi connectivity index (χ2n) is 5.60. The highest BCUT2D eigenvalue weighted by molar-refractivity contribution is 6.30. The van der Waals surface area contributed by atoms with Gasteiger partial charge in [-0.15, -0.1) is 0 Å². The van der Waals surface area contributed by atoms with Crippen LogP contribution in [0, 0.1) is 0 Å². The van der Waals surface area contributed by atoms with Gasteiger partial charge in [-0.3, -0.25) is 0 Å². The molecule has 0 heterocycles. The smallest absolute Gasteiger partial charge is 0.0511 e. The second-order valence-corrected chi connectivity index (χ2v) is 6.04. The molecule has 3 rings (SSSR count). The van der Waals surface area contributed by atoms with E-state index in [4.69, 9.17) is 11.6 Å². The molecule has 1 nitrogen and oxygen atoms in total. The Labute approximate surface area is 142 Å². The lowest BCUT2D eigenvalue weighted by molar-refractivity contribution is 0.749. The summed E-state index contributed by atoms with van der Waals surface area (Å²) in [5.41, 5.74) is 4.86. The summed E-state index contributed by atoms with van der Waals surface area (Å²) < 4.78 is 0. The number of halogens is 1. The summed E-state index contributed by atoms with van der Waals surface area (Å²) in [6.45, 7) is 2.19. The molecule has 0 spiro atoms. The van der Waals surface area contributed by atoms with Gasteiger partial charge in [0, 0.05) is 10.7 Å². The third-order valence-corrected chi connectivity index (χ3v) is 4.27. The highest BCUT2D eigenvalue weighted by atomic mass is 35.5. The van der Waals surface area contributed by atoms with Crippen LogP contribution in [-0.2, 0) is 0 Å². The maximum atomic E-state index is 5.97. The predicted octanol–water partition coefficient (Wildman–Crippen LogP) is 6.57. The number of rotatable bonds is 5. The van der Waals surface area contributed by atoms with Gasteiger partial charge in [0.05, 0.1) is 6.04 Å². The average Bonchev–Trinajstić information content (AvgIpc) is 2.62. The average molecular weight is 322 g/mol. The van der Waals surface area contributed by atoms with Crippen molar-refractivity contribution in [1.82, 2.24) is 0 Å². The van der Waals surface area contributed by atoms with Crippen molar-refractivity contribution in [3.8, 4) is 11.1 Å². The van der Waals surface area contributed by atoms with Gasteiger partial charge in [0.1, 0.15) is 0 Å². The van der Waals surface area contributed by atoms with Gasteiger partial charge < -0.3 is 5.32 Å². The van der Waals surface area contributed by atoms with Crippen molar-refractivity contribution in [1.29, 1.82) is 0 Å². The van der Waals surface area contributed by atoms with Crippen LogP contribution in [-0.4, -0.2) is 0 Å². The zero-order chi connectivity index (χ0) is 16.1. The molecule has 1 unspecified atom stereocenters. The van der Waals surface area contributed by atoms with E-state index in [1.807, 2.05) is 18.2 Å². The molecule has 23 heavy (non-hydrogen) atoms. The largest absolute Gasteiger partial charge is 0.378 e.